The van der Waals surface area contributed by atoms with Crippen LogP contribution >= 0.6 is 11.3 Å². The summed E-state index contributed by atoms with van der Waals surface area (Å²) in [5, 5.41) is 1.97. The summed E-state index contributed by atoms with van der Waals surface area (Å²) in [6.45, 7) is 0. The molecule has 0 atom stereocenters. The summed E-state index contributed by atoms with van der Waals surface area (Å²) in [4.78, 5) is 15.3. The van der Waals surface area contributed by atoms with Crippen LogP contribution in [0.5, 0.6) is 0 Å². The molecule has 2 nitrogen and oxygen atoms in total. The van der Waals surface area contributed by atoms with Crippen molar-refractivity contribution in [2.24, 2.45) is 0 Å². The first-order valence-corrected chi connectivity index (χ1v) is 5.63. The van der Waals surface area contributed by atoms with Gasteiger partial charge in [-0.25, -0.2) is 9.37 Å². The molecule has 2 aromatic rings. The van der Waals surface area contributed by atoms with Crippen molar-refractivity contribution in [2.75, 3.05) is 0 Å². The quantitative estimate of drug-likeness (QED) is 0.620. The maximum atomic E-state index is 12.6. The van der Waals surface area contributed by atoms with E-state index in [-0.39, 0.29) is 5.69 Å². The van der Waals surface area contributed by atoms with Gasteiger partial charge in [-0.2, -0.15) is 24.5 Å². The third-order valence-electron chi connectivity index (χ3n) is 2.17. The summed E-state index contributed by atoms with van der Waals surface area (Å²) in [7, 11) is 0. The Balaban J connectivity index is 2.41. The second kappa shape index (κ2) is 4.49. The predicted octanol–water partition coefficient (Wildman–Crippen LogP) is 3.53. The summed E-state index contributed by atoms with van der Waals surface area (Å²) < 4.78 is 50.4. The first kappa shape index (κ1) is 12.7. The third-order valence-corrected chi connectivity index (χ3v) is 2.92. The first-order valence-electron chi connectivity index (χ1n) is 4.69. The molecule has 0 fully saturated rings. The zero-order valence-corrected chi connectivity index (χ0v) is 9.48. The number of carbonyl (C=O) groups is 1. The fourth-order valence-corrected chi connectivity index (χ4v) is 2.18. The number of rotatable bonds is 2. The van der Waals surface area contributed by atoms with Crippen molar-refractivity contribution in [3.8, 4) is 0 Å². The van der Waals surface area contributed by atoms with E-state index in [1.807, 2.05) is 0 Å². The maximum Gasteiger partial charge on any atom is 0.417 e. The van der Waals surface area contributed by atoms with Gasteiger partial charge in [-0.05, 0) is 12.1 Å². The summed E-state index contributed by atoms with van der Waals surface area (Å²) in [6, 6.07) is 2.02. The zero-order chi connectivity index (χ0) is 13.3. The van der Waals surface area contributed by atoms with Crippen LogP contribution in [0.3, 0.4) is 0 Å². The Labute approximate surface area is 103 Å². The number of nitrogens with zero attached hydrogens (tertiary/aromatic N) is 1. The highest BCUT2D eigenvalue weighted by molar-refractivity contribution is 7.08. The fourth-order valence-electron chi connectivity index (χ4n) is 1.34. The standard InChI is InChI=1S/C11H5F4NOS/c12-6-1-2-9(16-3-6)10(17)7-4-18-5-8(7)11(13,14)15/h1-5H. The fraction of sp³-hybridized carbons (Fsp3) is 0.0909. The number of aromatic nitrogens is 1. The minimum absolute atomic E-state index is 0.222. The van der Waals surface area contributed by atoms with E-state index in [2.05, 4.69) is 4.98 Å². The summed E-state index contributed by atoms with van der Waals surface area (Å²) >= 11 is 0.777. The van der Waals surface area contributed by atoms with Gasteiger partial charge in [-0.15, -0.1) is 0 Å². The molecule has 94 valence electrons. The molecule has 2 rings (SSSR count). The van der Waals surface area contributed by atoms with Gasteiger partial charge in [0.2, 0.25) is 5.78 Å². The van der Waals surface area contributed by atoms with Gasteiger partial charge in [-0.3, -0.25) is 4.79 Å². The lowest BCUT2D eigenvalue weighted by Gasteiger charge is -2.06. The molecule has 0 aromatic carbocycles. The van der Waals surface area contributed by atoms with Crippen molar-refractivity contribution in [3.63, 3.8) is 0 Å². The number of hydrogen-bond acceptors (Lipinski definition) is 3. The Bertz CT molecular complexity index is 573. The van der Waals surface area contributed by atoms with Crippen LogP contribution in [0.15, 0.2) is 29.1 Å². The highest BCUT2D eigenvalue weighted by atomic mass is 32.1. The van der Waals surface area contributed by atoms with Crippen molar-refractivity contribution in [2.45, 2.75) is 6.18 Å². The molecule has 0 amide bonds. The largest absolute Gasteiger partial charge is 0.417 e. The van der Waals surface area contributed by atoms with Gasteiger partial charge < -0.3 is 0 Å². The Morgan fingerprint density at radius 1 is 1.22 bits per heavy atom. The van der Waals surface area contributed by atoms with Crippen LogP contribution in [0.4, 0.5) is 17.6 Å². The molecule has 0 bridgehead atoms. The molecule has 0 aliphatic heterocycles. The highest BCUT2D eigenvalue weighted by Crippen LogP contribution is 2.35. The van der Waals surface area contributed by atoms with Gasteiger partial charge in [0.25, 0.3) is 0 Å². The molecule has 7 heteroatoms. The van der Waals surface area contributed by atoms with E-state index in [1.54, 1.807) is 0 Å². The van der Waals surface area contributed by atoms with Crippen molar-refractivity contribution in [1.82, 2.24) is 4.98 Å². The van der Waals surface area contributed by atoms with Crippen LogP contribution in [0, 0.1) is 5.82 Å². The number of pyridine rings is 1. The molecule has 0 saturated heterocycles. The van der Waals surface area contributed by atoms with Gasteiger partial charge in [0.05, 0.1) is 11.8 Å². The molecule has 2 aromatic heterocycles. The first-order chi connectivity index (χ1) is 8.39. The molecular formula is C11H5F4NOS. The lowest BCUT2D eigenvalue weighted by molar-refractivity contribution is -0.137. The van der Waals surface area contributed by atoms with Gasteiger partial charge >= 0.3 is 6.18 Å². The van der Waals surface area contributed by atoms with Crippen LogP contribution in [0.25, 0.3) is 0 Å². The van der Waals surface area contributed by atoms with Crippen LogP contribution < -0.4 is 0 Å². The molecule has 0 aliphatic carbocycles. The number of carbonyl (C=O) groups excluding carboxylic acids is 1. The monoisotopic (exact) mass is 275 g/mol. The van der Waals surface area contributed by atoms with Crippen LogP contribution in [-0.2, 0) is 6.18 Å². The number of halogens is 4. The molecule has 0 N–H and O–H groups in total. The van der Waals surface area contributed by atoms with E-state index < -0.39 is 28.9 Å². The summed E-state index contributed by atoms with van der Waals surface area (Å²) in [6.07, 6.45) is -3.81. The maximum absolute atomic E-state index is 12.6. The smallest absolute Gasteiger partial charge is 0.287 e. The van der Waals surface area contributed by atoms with Crippen molar-refractivity contribution < 1.29 is 22.4 Å². The Hall–Kier alpha value is -1.76. The summed E-state index contributed by atoms with van der Waals surface area (Å²) in [5.41, 5.74) is -1.68. The van der Waals surface area contributed by atoms with Crippen LogP contribution in [0.1, 0.15) is 21.6 Å². The van der Waals surface area contributed by atoms with Gasteiger partial charge in [0.1, 0.15) is 11.5 Å². The topological polar surface area (TPSA) is 30.0 Å². The Kier molecular flexibility index (Phi) is 3.16. The van der Waals surface area contributed by atoms with Crippen LogP contribution in [-0.4, -0.2) is 10.8 Å². The zero-order valence-electron chi connectivity index (χ0n) is 8.66. The van der Waals surface area contributed by atoms with Crippen molar-refractivity contribution >= 4 is 17.1 Å². The SMILES string of the molecule is O=C(c1ccc(F)cn1)c1cscc1C(F)(F)F. The average molecular weight is 275 g/mol. The molecular weight excluding hydrogens is 270 g/mol. The number of hydrogen-bond donors (Lipinski definition) is 0. The summed E-state index contributed by atoms with van der Waals surface area (Å²) in [5.74, 6) is -1.53. The minimum atomic E-state index is -4.59. The van der Waals surface area contributed by atoms with Gasteiger partial charge in [-0.1, -0.05) is 0 Å². The molecule has 0 aliphatic rings. The van der Waals surface area contributed by atoms with E-state index >= 15 is 0 Å². The van der Waals surface area contributed by atoms with E-state index in [1.165, 1.54) is 0 Å². The molecule has 2 heterocycles. The molecule has 0 spiro atoms. The van der Waals surface area contributed by atoms with E-state index in [9.17, 15) is 22.4 Å². The number of ketones is 1. The molecule has 0 saturated carbocycles. The normalized spacial score (nSPS) is 11.6. The van der Waals surface area contributed by atoms with E-state index in [0.29, 0.717) is 0 Å². The Morgan fingerprint density at radius 2 is 1.94 bits per heavy atom. The average Bonchev–Trinajstić information content (AvgIpc) is 2.77. The van der Waals surface area contributed by atoms with Crippen LogP contribution in [0.2, 0.25) is 0 Å². The number of thiophene rings is 1. The highest BCUT2D eigenvalue weighted by Gasteiger charge is 2.36. The third kappa shape index (κ3) is 2.40. The lowest BCUT2D eigenvalue weighted by atomic mass is 10.1. The molecule has 0 radical (unpaired) electrons. The molecule has 0 unspecified atom stereocenters. The van der Waals surface area contributed by atoms with E-state index in [4.69, 9.17) is 0 Å². The predicted molar refractivity (Wildman–Crippen MR) is 56.9 cm³/mol. The van der Waals surface area contributed by atoms with Gasteiger partial charge in [0, 0.05) is 16.3 Å². The van der Waals surface area contributed by atoms with Crippen molar-refractivity contribution in [3.05, 3.63) is 51.7 Å². The lowest BCUT2D eigenvalue weighted by Crippen LogP contribution is -2.12. The minimum Gasteiger partial charge on any atom is -0.287 e. The van der Waals surface area contributed by atoms with Gasteiger partial charge in [0.15, 0.2) is 0 Å². The van der Waals surface area contributed by atoms with E-state index in [0.717, 1.165) is 40.4 Å². The second-order valence-electron chi connectivity index (χ2n) is 3.39. The van der Waals surface area contributed by atoms with Crippen molar-refractivity contribution in [1.29, 1.82) is 0 Å². The number of alkyl halides is 3. The second-order valence-corrected chi connectivity index (χ2v) is 4.13. The molecule has 18 heavy (non-hydrogen) atoms. The Morgan fingerprint density at radius 3 is 2.50 bits per heavy atom.